The molecule has 0 spiro atoms. The first-order valence-electron chi connectivity index (χ1n) is 8.78. The van der Waals surface area contributed by atoms with E-state index in [1.165, 1.54) is 0 Å². The monoisotopic (exact) mass is 346 g/mol. The van der Waals surface area contributed by atoms with Crippen LogP contribution in [0.25, 0.3) is 0 Å². The number of hydrogen-bond donors (Lipinski definition) is 1. The second kappa shape index (κ2) is 6.94. The Morgan fingerprint density at radius 2 is 1.92 bits per heavy atom. The molecule has 25 heavy (non-hydrogen) atoms. The molecule has 6 nitrogen and oxygen atoms in total. The SMILES string of the molecule is CC(C)(C)OC(=O)N1CC2CC1CC2NC(=O)OCc1ccccc1. The normalized spacial score (nSPS) is 24.9. The summed E-state index contributed by atoms with van der Waals surface area (Å²) >= 11 is 0. The number of amides is 2. The number of piperidine rings is 1. The number of carbonyl (C=O) groups excluding carboxylic acids is 2. The Morgan fingerprint density at radius 1 is 1.20 bits per heavy atom. The molecular formula is C19H26N2O4. The van der Waals surface area contributed by atoms with Gasteiger partial charge in [-0.2, -0.15) is 0 Å². The first kappa shape index (κ1) is 17.6. The van der Waals surface area contributed by atoms with Crippen molar-refractivity contribution in [2.45, 2.75) is 57.9 Å². The predicted octanol–water partition coefficient (Wildman–Crippen LogP) is 3.31. The second-order valence-electron chi connectivity index (χ2n) is 7.83. The number of alkyl carbamates (subject to hydrolysis) is 1. The van der Waals surface area contributed by atoms with E-state index in [4.69, 9.17) is 9.47 Å². The minimum absolute atomic E-state index is 0.0620. The molecule has 2 aliphatic rings. The molecule has 0 radical (unpaired) electrons. The van der Waals surface area contributed by atoms with Gasteiger partial charge in [-0.15, -0.1) is 0 Å². The number of fused-ring (bicyclic) bond motifs is 2. The van der Waals surface area contributed by atoms with E-state index in [1.54, 1.807) is 4.90 Å². The third-order valence-corrected chi connectivity index (χ3v) is 4.69. The summed E-state index contributed by atoms with van der Waals surface area (Å²) < 4.78 is 10.7. The van der Waals surface area contributed by atoms with Gasteiger partial charge in [0.15, 0.2) is 0 Å². The van der Waals surface area contributed by atoms with Crippen molar-refractivity contribution in [3.8, 4) is 0 Å². The highest BCUT2D eigenvalue weighted by Crippen LogP contribution is 2.38. The van der Waals surface area contributed by atoms with Crippen LogP contribution < -0.4 is 5.32 Å². The summed E-state index contributed by atoms with van der Waals surface area (Å²) in [6, 6.07) is 9.80. The number of benzene rings is 1. The third kappa shape index (κ3) is 4.44. The van der Waals surface area contributed by atoms with E-state index in [-0.39, 0.29) is 30.7 Å². The van der Waals surface area contributed by atoms with Crippen molar-refractivity contribution in [3.63, 3.8) is 0 Å². The molecule has 2 amide bonds. The van der Waals surface area contributed by atoms with Crippen molar-refractivity contribution in [2.75, 3.05) is 6.54 Å². The Hall–Kier alpha value is -2.24. The Kier molecular flexibility index (Phi) is 4.88. The predicted molar refractivity (Wildman–Crippen MR) is 93.0 cm³/mol. The van der Waals surface area contributed by atoms with Crippen molar-refractivity contribution in [3.05, 3.63) is 35.9 Å². The summed E-state index contributed by atoms with van der Waals surface area (Å²) in [5.41, 5.74) is 0.472. The molecule has 1 aliphatic heterocycles. The first-order chi connectivity index (χ1) is 11.8. The summed E-state index contributed by atoms with van der Waals surface area (Å²) in [4.78, 5) is 26.0. The van der Waals surface area contributed by atoms with E-state index >= 15 is 0 Å². The summed E-state index contributed by atoms with van der Waals surface area (Å²) in [5.74, 6) is 0.266. The zero-order valence-electron chi connectivity index (χ0n) is 15.0. The number of nitrogens with zero attached hydrogens (tertiary/aromatic N) is 1. The van der Waals surface area contributed by atoms with Crippen molar-refractivity contribution in [1.82, 2.24) is 10.2 Å². The van der Waals surface area contributed by atoms with Gasteiger partial charge in [-0.1, -0.05) is 30.3 Å². The topological polar surface area (TPSA) is 67.9 Å². The lowest BCUT2D eigenvalue weighted by atomic mass is 10.0. The molecule has 1 aromatic carbocycles. The molecule has 1 aromatic rings. The van der Waals surface area contributed by atoms with Crippen molar-refractivity contribution < 1.29 is 19.1 Å². The van der Waals surface area contributed by atoms with Crippen LogP contribution in [0.4, 0.5) is 9.59 Å². The third-order valence-electron chi connectivity index (χ3n) is 4.69. The first-order valence-corrected chi connectivity index (χ1v) is 8.78. The van der Waals surface area contributed by atoms with Gasteiger partial charge in [0.1, 0.15) is 12.2 Å². The van der Waals surface area contributed by atoms with Crippen LogP contribution in [0, 0.1) is 5.92 Å². The maximum atomic E-state index is 12.2. The molecule has 3 rings (SSSR count). The molecule has 0 aromatic heterocycles. The van der Waals surface area contributed by atoms with Crippen molar-refractivity contribution >= 4 is 12.2 Å². The van der Waals surface area contributed by atoms with Crippen LogP contribution in [0.3, 0.4) is 0 Å². The molecule has 1 saturated heterocycles. The summed E-state index contributed by atoms with van der Waals surface area (Å²) in [7, 11) is 0. The number of likely N-dealkylation sites (tertiary alicyclic amines) is 1. The fraction of sp³-hybridized carbons (Fsp3) is 0.579. The van der Waals surface area contributed by atoms with E-state index in [0.717, 1.165) is 18.4 Å². The van der Waals surface area contributed by atoms with Gasteiger partial charge in [-0.25, -0.2) is 9.59 Å². The smallest absolute Gasteiger partial charge is 0.410 e. The molecule has 3 atom stereocenters. The fourth-order valence-electron chi connectivity index (χ4n) is 3.59. The lowest BCUT2D eigenvalue weighted by Gasteiger charge is -2.33. The average molecular weight is 346 g/mol. The van der Waals surface area contributed by atoms with E-state index in [9.17, 15) is 9.59 Å². The van der Waals surface area contributed by atoms with Crippen molar-refractivity contribution in [2.24, 2.45) is 5.92 Å². The van der Waals surface area contributed by atoms with Crippen LogP contribution in [0.5, 0.6) is 0 Å². The lowest BCUT2D eigenvalue weighted by Crippen LogP contribution is -2.48. The molecule has 1 saturated carbocycles. The number of ether oxygens (including phenoxy) is 2. The number of nitrogens with one attached hydrogen (secondary N) is 1. The van der Waals surface area contributed by atoms with Crippen molar-refractivity contribution in [1.29, 1.82) is 0 Å². The fourth-order valence-corrected chi connectivity index (χ4v) is 3.59. The molecule has 6 heteroatoms. The highest BCUT2D eigenvalue weighted by atomic mass is 16.6. The standard InChI is InChI=1S/C19H26N2O4/c1-19(2,3)25-18(23)21-11-14-9-15(21)10-16(14)20-17(22)24-12-13-7-5-4-6-8-13/h4-8,14-16H,9-12H2,1-3H3,(H,20,22). The summed E-state index contributed by atoms with van der Waals surface area (Å²) in [5, 5.41) is 2.95. The van der Waals surface area contributed by atoms with Crippen LogP contribution in [0.2, 0.25) is 0 Å². The zero-order valence-corrected chi connectivity index (χ0v) is 15.0. The average Bonchev–Trinajstić information content (AvgIpc) is 3.12. The quantitative estimate of drug-likeness (QED) is 0.912. The van der Waals surface area contributed by atoms with E-state index in [1.807, 2.05) is 51.1 Å². The van der Waals surface area contributed by atoms with Crippen LogP contribution in [0.15, 0.2) is 30.3 Å². The second-order valence-corrected chi connectivity index (χ2v) is 7.83. The highest BCUT2D eigenvalue weighted by Gasteiger charge is 2.48. The van der Waals surface area contributed by atoms with Gasteiger partial charge in [-0.05, 0) is 45.1 Å². The molecule has 1 heterocycles. The summed E-state index contributed by atoms with van der Waals surface area (Å²) in [6.45, 7) is 6.49. The maximum absolute atomic E-state index is 12.2. The zero-order chi connectivity index (χ0) is 18.0. The van der Waals surface area contributed by atoms with Gasteiger partial charge < -0.3 is 19.7 Å². The molecule has 136 valence electrons. The minimum Gasteiger partial charge on any atom is -0.445 e. The van der Waals surface area contributed by atoms with Gasteiger partial charge in [-0.3, -0.25) is 0 Å². The Balaban J connectivity index is 1.45. The van der Waals surface area contributed by atoms with Crippen LogP contribution in [0.1, 0.15) is 39.2 Å². The van der Waals surface area contributed by atoms with Gasteiger partial charge in [0.25, 0.3) is 0 Å². The van der Waals surface area contributed by atoms with Gasteiger partial charge >= 0.3 is 12.2 Å². The Bertz CT molecular complexity index is 626. The molecule has 3 unspecified atom stereocenters. The number of rotatable bonds is 3. The molecular weight excluding hydrogens is 320 g/mol. The number of hydrogen-bond acceptors (Lipinski definition) is 4. The maximum Gasteiger partial charge on any atom is 0.410 e. The minimum atomic E-state index is -0.488. The van der Waals surface area contributed by atoms with E-state index in [2.05, 4.69) is 5.32 Å². The Morgan fingerprint density at radius 3 is 2.52 bits per heavy atom. The van der Waals surface area contributed by atoms with Crippen LogP contribution in [-0.4, -0.2) is 41.3 Å². The summed E-state index contributed by atoms with van der Waals surface area (Å²) in [6.07, 6.45) is 1.00. The molecule has 1 aliphatic carbocycles. The van der Waals surface area contributed by atoms with Crippen LogP contribution >= 0.6 is 0 Å². The largest absolute Gasteiger partial charge is 0.445 e. The van der Waals surface area contributed by atoms with E-state index in [0.29, 0.717) is 6.54 Å². The van der Waals surface area contributed by atoms with E-state index < -0.39 is 11.7 Å². The Labute approximate surface area is 148 Å². The van der Waals surface area contributed by atoms with Crippen LogP contribution in [-0.2, 0) is 16.1 Å². The van der Waals surface area contributed by atoms with Gasteiger partial charge in [0.05, 0.1) is 0 Å². The molecule has 2 fully saturated rings. The molecule has 2 bridgehead atoms. The van der Waals surface area contributed by atoms with Gasteiger partial charge in [0.2, 0.25) is 0 Å². The van der Waals surface area contributed by atoms with Gasteiger partial charge in [0, 0.05) is 18.6 Å². The number of carbonyl (C=O) groups is 2. The highest BCUT2D eigenvalue weighted by molar-refractivity contribution is 5.70. The molecule has 1 N–H and O–H groups in total. The lowest BCUT2D eigenvalue weighted by molar-refractivity contribution is 0.0175.